The van der Waals surface area contributed by atoms with E-state index in [0.717, 1.165) is 34.6 Å². The van der Waals surface area contributed by atoms with Crippen LogP contribution in [0.4, 0.5) is 5.69 Å². The van der Waals surface area contributed by atoms with Crippen LogP contribution in [-0.4, -0.2) is 32.6 Å². The molecule has 0 fully saturated rings. The van der Waals surface area contributed by atoms with Crippen LogP contribution in [0, 0.1) is 0 Å². The Morgan fingerprint density at radius 2 is 1.79 bits per heavy atom. The molecule has 0 aliphatic carbocycles. The minimum absolute atomic E-state index is 0.115. The van der Waals surface area contributed by atoms with Gasteiger partial charge in [-0.2, -0.15) is 0 Å². The molecule has 0 aliphatic rings. The van der Waals surface area contributed by atoms with Gasteiger partial charge in [0.25, 0.3) is 5.88 Å². The summed E-state index contributed by atoms with van der Waals surface area (Å²) in [7, 11) is 1.60. The molecule has 0 atom stereocenters. The molecule has 1 amide bonds. The number of rotatable bonds is 7. The molecule has 0 bridgehead atoms. The summed E-state index contributed by atoms with van der Waals surface area (Å²) in [6.07, 6.45) is 0.986. The normalized spacial score (nSPS) is 11.0. The molecule has 0 saturated carbocycles. The van der Waals surface area contributed by atoms with Gasteiger partial charge in [-0.05, 0) is 54.1 Å². The number of ether oxygens (including phenoxy) is 2. The number of fused-ring (bicyclic) bond motifs is 3. The average Bonchev–Trinajstić information content (AvgIpc) is 3.30. The van der Waals surface area contributed by atoms with Gasteiger partial charge in [0.15, 0.2) is 0 Å². The highest BCUT2D eigenvalue weighted by Gasteiger charge is 2.16. The quantitative estimate of drug-likeness (QED) is 0.380. The van der Waals surface area contributed by atoms with Crippen LogP contribution in [0.1, 0.15) is 18.3 Å². The van der Waals surface area contributed by atoms with Gasteiger partial charge in [-0.1, -0.05) is 31.2 Å². The van der Waals surface area contributed by atoms with Crippen LogP contribution in [0.3, 0.4) is 0 Å². The number of aryl methyl sites for hydroxylation is 1. The van der Waals surface area contributed by atoms with Crippen molar-refractivity contribution >= 4 is 28.3 Å². The van der Waals surface area contributed by atoms with E-state index in [1.807, 2.05) is 59.9 Å². The SMILES string of the molecule is CCc1nnc2c(Oc3ccc(NC(=O)Cc4cccc(OC)c4)cc3)nc3ccccc3n12. The van der Waals surface area contributed by atoms with Crippen molar-refractivity contribution < 1.29 is 14.3 Å². The van der Waals surface area contributed by atoms with Crippen molar-refractivity contribution in [2.24, 2.45) is 0 Å². The molecule has 0 unspecified atom stereocenters. The summed E-state index contributed by atoms with van der Waals surface area (Å²) < 4.78 is 13.3. The number of aromatic nitrogens is 4. The van der Waals surface area contributed by atoms with Gasteiger partial charge in [-0.3, -0.25) is 9.20 Å². The molecule has 34 heavy (non-hydrogen) atoms. The smallest absolute Gasteiger partial charge is 0.266 e. The van der Waals surface area contributed by atoms with Gasteiger partial charge in [0.1, 0.15) is 17.3 Å². The number of carbonyl (C=O) groups is 1. The lowest BCUT2D eigenvalue weighted by atomic mass is 10.1. The maximum atomic E-state index is 12.4. The summed E-state index contributed by atoms with van der Waals surface area (Å²) in [6.45, 7) is 2.04. The van der Waals surface area contributed by atoms with Crippen LogP contribution >= 0.6 is 0 Å². The molecular weight excluding hydrogens is 430 g/mol. The minimum Gasteiger partial charge on any atom is -0.497 e. The zero-order chi connectivity index (χ0) is 23.5. The second kappa shape index (κ2) is 9.19. The van der Waals surface area contributed by atoms with Gasteiger partial charge in [0.05, 0.1) is 24.6 Å². The summed E-state index contributed by atoms with van der Waals surface area (Å²) in [6, 6.07) is 22.4. The van der Waals surface area contributed by atoms with Gasteiger partial charge in [0, 0.05) is 12.1 Å². The van der Waals surface area contributed by atoms with Crippen molar-refractivity contribution in [1.82, 2.24) is 19.6 Å². The van der Waals surface area contributed by atoms with E-state index in [-0.39, 0.29) is 12.3 Å². The summed E-state index contributed by atoms with van der Waals surface area (Å²) >= 11 is 0. The highest BCUT2D eigenvalue weighted by Crippen LogP contribution is 2.28. The largest absolute Gasteiger partial charge is 0.497 e. The number of para-hydroxylation sites is 2. The number of amides is 1. The fourth-order valence-electron chi connectivity index (χ4n) is 3.80. The van der Waals surface area contributed by atoms with E-state index in [0.29, 0.717) is 23.0 Å². The average molecular weight is 454 g/mol. The molecule has 1 N–H and O–H groups in total. The van der Waals surface area contributed by atoms with Crippen molar-refractivity contribution in [2.45, 2.75) is 19.8 Å². The minimum atomic E-state index is -0.115. The molecule has 170 valence electrons. The third kappa shape index (κ3) is 4.25. The van der Waals surface area contributed by atoms with Crippen molar-refractivity contribution in [3.8, 4) is 17.4 Å². The van der Waals surface area contributed by atoms with Gasteiger partial charge < -0.3 is 14.8 Å². The van der Waals surface area contributed by atoms with Crippen LogP contribution in [0.25, 0.3) is 16.7 Å². The molecule has 8 nitrogen and oxygen atoms in total. The Morgan fingerprint density at radius 3 is 2.59 bits per heavy atom. The molecule has 0 saturated heterocycles. The molecule has 8 heteroatoms. The highest BCUT2D eigenvalue weighted by molar-refractivity contribution is 5.92. The Kier molecular flexibility index (Phi) is 5.78. The van der Waals surface area contributed by atoms with Crippen molar-refractivity contribution in [3.63, 3.8) is 0 Å². The van der Waals surface area contributed by atoms with Crippen molar-refractivity contribution in [1.29, 1.82) is 0 Å². The molecule has 5 aromatic rings. The lowest BCUT2D eigenvalue weighted by Gasteiger charge is -2.10. The Bertz CT molecular complexity index is 1480. The van der Waals surface area contributed by atoms with E-state index in [2.05, 4.69) is 20.5 Å². The first kappa shape index (κ1) is 21.4. The zero-order valence-electron chi connectivity index (χ0n) is 18.9. The predicted octanol–water partition coefficient (Wildman–Crippen LogP) is 4.82. The Morgan fingerprint density at radius 1 is 0.971 bits per heavy atom. The number of nitrogens with zero attached hydrogens (tertiary/aromatic N) is 4. The van der Waals surface area contributed by atoms with E-state index in [1.54, 1.807) is 31.4 Å². The van der Waals surface area contributed by atoms with Crippen molar-refractivity contribution in [2.75, 3.05) is 12.4 Å². The number of benzene rings is 3. The van der Waals surface area contributed by atoms with Gasteiger partial charge in [-0.15, -0.1) is 10.2 Å². The summed E-state index contributed by atoms with van der Waals surface area (Å²) in [5.41, 5.74) is 3.84. The van der Waals surface area contributed by atoms with E-state index in [4.69, 9.17) is 9.47 Å². The molecule has 3 aromatic carbocycles. The first-order valence-electron chi connectivity index (χ1n) is 11.0. The highest BCUT2D eigenvalue weighted by atomic mass is 16.5. The van der Waals surface area contributed by atoms with E-state index in [9.17, 15) is 4.79 Å². The van der Waals surface area contributed by atoms with Gasteiger partial charge in [0.2, 0.25) is 11.6 Å². The van der Waals surface area contributed by atoms with Crippen LogP contribution in [0.2, 0.25) is 0 Å². The number of hydrogen-bond acceptors (Lipinski definition) is 6. The lowest BCUT2D eigenvalue weighted by Crippen LogP contribution is -2.14. The molecule has 0 aliphatic heterocycles. The van der Waals surface area contributed by atoms with Gasteiger partial charge in [-0.25, -0.2) is 4.98 Å². The molecule has 0 spiro atoms. The van der Waals surface area contributed by atoms with Crippen LogP contribution in [0.15, 0.2) is 72.8 Å². The van der Waals surface area contributed by atoms with Crippen LogP contribution in [0.5, 0.6) is 17.4 Å². The fraction of sp³-hybridized carbons (Fsp3) is 0.154. The first-order chi connectivity index (χ1) is 16.6. The number of nitrogens with one attached hydrogen (secondary N) is 1. The van der Waals surface area contributed by atoms with Gasteiger partial charge >= 0.3 is 0 Å². The molecule has 2 aromatic heterocycles. The van der Waals surface area contributed by atoms with Crippen LogP contribution in [-0.2, 0) is 17.6 Å². The van der Waals surface area contributed by atoms with E-state index >= 15 is 0 Å². The Balaban J connectivity index is 1.34. The monoisotopic (exact) mass is 453 g/mol. The number of carbonyl (C=O) groups excluding carboxylic acids is 1. The van der Waals surface area contributed by atoms with E-state index < -0.39 is 0 Å². The molecular formula is C26H23N5O3. The number of anilines is 1. The standard InChI is InChI=1S/C26H23N5O3/c1-3-23-29-30-25-26(28-21-9-4-5-10-22(21)31(23)25)34-19-13-11-18(12-14-19)27-24(32)16-17-7-6-8-20(15-17)33-2/h4-15H,3,16H2,1-2H3,(H,27,32). The molecule has 2 heterocycles. The number of hydrogen-bond donors (Lipinski definition) is 1. The lowest BCUT2D eigenvalue weighted by molar-refractivity contribution is -0.115. The third-order valence-corrected chi connectivity index (χ3v) is 5.43. The predicted molar refractivity (Wildman–Crippen MR) is 130 cm³/mol. The van der Waals surface area contributed by atoms with Crippen molar-refractivity contribution in [3.05, 3.63) is 84.2 Å². The summed E-state index contributed by atoms with van der Waals surface area (Å²) in [5.74, 6) is 2.40. The van der Waals surface area contributed by atoms with Crippen LogP contribution < -0.4 is 14.8 Å². The fourth-order valence-corrected chi connectivity index (χ4v) is 3.80. The van der Waals surface area contributed by atoms with E-state index in [1.165, 1.54) is 0 Å². The first-order valence-corrected chi connectivity index (χ1v) is 11.0. The molecule has 5 rings (SSSR count). The second-order valence-corrected chi connectivity index (χ2v) is 7.74. The maximum absolute atomic E-state index is 12.4. The maximum Gasteiger partial charge on any atom is 0.266 e. The summed E-state index contributed by atoms with van der Waals surface area (Å²) in [5, 5.41) is 11.5. The second-order valence-electron chi connectivity index (χ2n) is 7.74. The number of methoxy groups -OCH3 is 1. The Labute approximate surface area is 196 Å². The summed E-state index contributed by atoms with van der Waals surface area (Å²) in [4.78, 5) is 17.1. The zero-order valence-corrected chi connectivity index (χ0v) is 18.9. The third-order valence-electron chi connectivity index (χ3n) is 5.43. The topological polar surface area (TPSA) is 90.6 Å². The molecule has 0 radical (unpaired) electrons. The Hall–Kier alpha value is -4.46.